The van der Waals surface area contributed by atoms with Crippen LogP contribution >= 0.6 is 0 Å². The highest BCUT2D eigenvalue weighted by Gasteiger charge is 2.21. The van der Waals surface area contributed by atoms with Gasteiger partial charge in [0.25, 0.3) is 0 Å². The molecule has 0 saturated heterocycles. The molecule has 0 spiro atoms. The third-order valence-corrected chi connectivity index (χ3v) is 3.84. The molecule has 0 bridgehead atoms. The number of nitrogens with zero attached hydrogens (tertiary/aromatic N) is 5. The zero-order valence-corrected chi connectivity index (χ0v) is 12.5. The van der Waals surface area contributed by atoms with Crippen LogP contribution < -0.4 is 0 Å². The average molecular weight is 305 g/mol. The van der Waals surface area contributed by atoms with Crippen molar-refractivity contribution in [2.75, 3.05) is 0 Å². The summed E-state index contributed by atoms with van der Waals surface area (Å²) >= 11 is 0. The standard InChI is InChI=1S/C16H15N7/c1-11(16-19-9-21-22-16)23-10-20-14(12-5-3-2-4-6-12)15(23)13-7-17-8-18-13/h2-11H,1H3,(H,17,18)(H,19,21,22)/t11-/m0/s1. The van der Waals surface area contributed by atoms with Crippen LogP contribution in [0.15, 0.2) is 55.5 Å². The molecular formula is C16H15N7. The first kappa shape index (κ1) is 13.4. The molecule has 0 aliphatic heterocycles. The van der Waals surface area contributed by atoms with E-state index in [4.69, 9.17) is 0 Å². The molecule has 4 rings (SSSR count). The second-order valence-corrected chi connectivity index (χ2v) is 5.23. The maximum atomic E-state index is 4.63. The maximum Gasteiger partial charge on any atom is 0.147 e. The Hall–Kier alpha value is -3.22. The molecule has 3 aromatic heterocycles. The van der Waals surface area contributed by atoms with Gasteiger partial charge >= 0.3 is 0 Å². The number of rotatable bonds is 4. The van der Waals surface area contributed by atoms with Crippen LogP contribution in [0.25, 0.3) is 22.6 Å². The van der Waals surface area contributed by atoms with Crippen molar-refractivity contribution < 1.29 is 0 Å². The van der Waals surface area contributed by atoms with Crippen molar-refractivity contribution in [2.45, 2.75) is 13.0 Å². The minimum Gasteiger partial charge on any atom is -0.343 e. The van der Waals surface area contributed by atoms with E-state index in [1.165, 1.54) is 6.33 Å². The quantitative estimate of drug-likeness (QED) is 0.606. The van der Waals surface area contributed by atoms with Crippen molar-refractivity contribution in [1.29, 1.82) is 0 Å². The topological polar surface area (TPSA) is 88.1 Å². The monoisotopic (exact) mass is 305 g/mol. The summed E-state index contributed by atoms with van der Waals surface area (Å²) in [6, 6.07) is 10.1. The summed E-state index contributed by atoms with van der Waals surface area (Å²) < 4.78 is 2.07. The molecule has 7 nitrogen and oxygen atoms in total. The van der Waals surface area contributed by atoms with Crippen molar-refractivity contribution >= 4 is 0 Å². The highest BCUT2D eigenvalue weighted by atomic mass is 15.2. The number of H-pyrrole nitrogens is 2. The summed E-state index contributed by atoms with van der Waals surface area (Å²) in [6.07, 6.45) is 6.80. The molecular weight excluding hydrogens is 290 g/mol. The zero-order chi connectivity index (χ0) is 15.6. The molecule has 3 heterocycles. The van der Waals surface area contributed by atoms with Crippen LogP contribution in [0, 0.1) is 0 Å². The fourth-order valence-electron chi connectivity index (χ4n) is 2.66. The number of benzene rings is 1. The van der Waals surface area contributed by atoms with E-state index in [9.17, 15) is 0 Å². The number of imidazole rings is 2. The van der Waals surface area contributed by atoms with Crippen molar-refractivity contribution in [3.8, 4) is 22.6 Å². The summed E-state index contributed by atoms with van der Waals surface area (Å²) in [7, 11) is 0. The van der Waals surface area contributed by atoms with Gasteiger partial charge in [0, 0.05) is 5.56 Å². The van der Waals surface area contributed by atoms with Crippen LogP contribution in [-0.4, -0.2) is 34.7 Å². The Morgan fingerprint density at radius 1 is 1.13 bits per heavy atom. The molecule has 1 atom stereocenters. The Morgan fingerprint density at radius 3 is 2.70 bits per heavy atom. The van der Waals surface area contributed by atoms with Gasteiger partial charge in [0.05, 0.1) is 42.0 Å². The van der Waals surface area contributed by atoms with E-state index in [1.54, 1.807) is 12.5 Å². The second-order valence-electron chi connectivity index (χ2n) is 5.23. The molecule has 0 saturated carbocycles. The van der Waals surface area contributed by atoms with Crippen LogP contribution in [0.1, 0.15) is 18.8 Å². The highest BCUT2D eigenvalue weighted by Crippen LogP contribution is 2.32. The van der Waals surface area contributed by atoms with Crippen molar-refractivity contribution in [3.63, 3.8) is 0 Å². The van der Waals surface area contributed by atoms with Gasteiger partial charge in [-0.3, -0.25) is 5.10 Å². The molecule has 2 N–H and O–H groups in total. The Kier molecular flexibility index (Phi) is 3.23. The van der Waals surface area contributed by atoms with E-state index >= 15 is 0 Å². The molecule has 0 fully saturated rings. The molecule has 0 aliphatic rings. The SMILES string of the molecule is C[C@@H](c1ncn[nH]1)n1cnc(-c2ccccc2)c1-c1cnc[nH]1. The highest BCUT2D eigenvalue weighted by molar-refractivity contribution is 5.76. The predicted molar refractivity (Wildman–Crippen MR) is 85.4 cm³/mol. The van der Waals surface area contributed by atoms with Gasteiger partial charge in [-0.25, -0.2) is 15.0 Å². The molecule has 1 aromatic carbocycles. The molecule has 0 unspecified atom stereocenters. The molecule has 0 aliphatic carbocycles. The van der Waals surface area contributed by atoms with Gasteiger partial charge in [0.2, 0.25) is 0 Å². The van der Waals surface area contributed by atoms with E-state index < -0.39 is 0 Å². The number of aromatic nitrogens is 7. The smallest absolute Gasteiger partial charge is 0.147 e. The van der Waals surface area contributed by atoms with Gasteiger partial charge in [0.1, 0.15) is 12.2 Å². The normalized spacial score (nSPS) is 12.4. The van der Waals surface area contributed by atoms with Crippen LogP contribution in [0.4, 0.5) is 0 Å². The number of hydrogen-bond donors (Lipinski definition) is 2. The van der Waals surface area contributed by atoms with Crippen molar-refractivity contribution in [1.82, 2.24) is 34.7 Å². The summed E-state index contributed by atoms with van der Waals surface area (Å²) in [4.78, 5) is 16.2. The largest absolute Gasteiger partial charge is 0.343 e. The van der Waals surface area contributed by atoms with E-state index in [2.05, 4.69) is 41.6 Å². The van der Waals surface area contributed by atoms with Gasteiger partial charge in [-0.1, -0.05) is 30.3 Å². The van der Waals surface area contributed by atoms with E-state index in [-0.39, 0.29) is 6.04 Å². The Bertz CT molecular complexity index is 876. The first-order valence-electron chi connectivity index (χ1n) is 7.31. The summed E-state index contributed by atoms with van der Waals surface area (Å²) in [6.45, 7) is 2.05. The van der Waals surface area contributed by atoms with Crippen molar-refractivity contribution in [2.24, 2.45) is 0 Å². The fraction of sp³-hybridized carbons (Fsp3) is 0.125. The minimum absolute atomic E-state index is 0.0271. The summed E-state index contributed by atoms with van der Waals surface area (Å²) in [5, 5.41) is 6.86. The van der Waals surface area contributed by atoms with Crippen LogP contribution in [0.2, 0.25) is 0 Å². The summed E-state index contributed by atoms with van der Waals surface area (Å²) in [5.74, 6) is 0.780. The first-order valence-corrected chi connectivity index (χ1v) is 7.31. The van der Waals surface area contributed by atoms with Gasteiger partial charge in [0.15, 0.2) is 0 Å². The average Bonchev–Trinajstić information content (AvgIpc) is 3.34. The fourth-order valence-corrected chi connectivity index (χ4v) is 2.66. The van der Waals surface area contributed by atoms with Crippen LogP contribution in [-0.2, 0) is 0 Å². The molecule has 114 valence electrons. The van der Waals surface area contributed by atoms with Gasteiger partial charge < -0.3 is 9.55 Å². The first-order chi connectivity index (χ1) is 11.3. The minimum atomic E-state index is -0.0271. The third kappa shape index (κ3) is 2.32. The van der Waals surface area contributed by atoms with E-state index in [1.807, 2.05) is 36.7 Å². The molecule has 7 heteroatoms. The van der Waals surface area contributed by atoms with Gasteiger partial charge in [-0.2, -0.15) is 5.10 Å². The molecule has 0 radical (unpaired) electrons. The zero-order valence-electron chi connectivity index (χ0n) is 12.5. The number of aromatic amines is 2. The van der Waals surface area contributed by atoms with Crippen LogP contribution in [0.3, 0.4) is 0 Å². The predicted octanol–water partition coefficient (Wildman–Crippen LogP) is 2.67. The third-order valence-electron chi connectivity index (χ3n) is 3.84. The number of nitrogens with one attached hydrogen (secondary N) is 2. The lowest BCUT2D eigenvalue weighted by Crippen LogP contribution is -2.09. The Balaban J connectivity index is 1.89. The van der Waals surface area contributed by atoms with Crippen LogP contribution in [0.5, 0.6) is 0 Å². The summed E-state index contributed by atoms with van der Waals surface area (Å²) in [5.41, 5.74) is 3.84. The maximum absolute atomic E-state index is 4.63. The Labute approximate surface area is 132 Å². The van der Waals surface area contributed by atoms with Gasteiger partial charge in [-0.15, -0.1) is 0 Å². The van der Waals surface area contributed by atoms with Crippen molar-refractivity contribution in [3.05, 3.63) is 61.3 Å². The lowest BCUT2D eigenvalue weighted by molar-refractivity contribution is 0.606. The lowest BCUT2D eigenvalue weighted by Gasteiger charge is -2.14. The molecule has 23 heavy (non-hydrogen) atoms. The van der Waals surface area contributed by atoms with E-state index in [0.717, 1.165) is 28.5 Å². The molecule has 0 amide bonds. The van der Waals surface area contributed by atoms with E-state index in [0.29, 0.717) is 0 Å². The number of hydrogen-bond acceptors (Lipinski definition) is 4. The second kappa shape index (κ2) is 5.53. The van der Waals surface area contributed by atoms with Gasteiger partial charge in [-0.05, 0) is 6.92 Å². The lowest BCUT2D eigenvalue weighted by atomic mass is 10.1. The molecule has 4 aromatic rings. The Morgan fingerprint density at radius 2 is 2.00 bits per heavy atom.